The lowest BCUT2D eigenvalue weighted by Crippen LogP contribution is -2.13. The Balaban J connectivity index is 2.03. The summed E-state index contributed by atoms with van der Waals surface area (Å²) in [4.78, 5) is 0. The van der Waals surface area contributed by atoms with E-state index in [9.17, 15) is 0 Å². The van der Waals surface area contributed by atoms with Gasteiger partial charge in [0.2, 0.25) is 0 Å². The van der Waals surface area contributed by atoms with E-state index in [1.165, 1.54) is 0 Å². The summed E-state index contributed by atoms with van der Waals surface area (Å²) in [6.07, 6.45) is 0. The third-order valence-corrected chi connectivity index (χ3v) is 4.02. The summed E-state index contributed by atoms with van der Waals surface area (Å²) in [5.41, 5.74) is 2.44. The molecule has 20 heavy (non-hydrogen) atoms. The van der Waals surface area contributed by atoms with Gasteiger partial charge in [-0.05, 0) is 29.8 Å². The number of nitrogens with one attached hydrogen (secondary N) is 1. The zero-order valence-corrected chi connectivity index (χ0v) is 12.7. The zero-order chi connectivity index (χ0) is 14.5. The fraction of sp³-hybridized carbons (Fsp3) is 0.133. The highest BCUT2D eigenvalue weighted by molar-refractivity contribution is 6.44. The quantitative estimate of drug-likeness (QED) is 0.819. The van der Waals surface area contributed by atoms with Crippen LogP contribution >= 0.6 is 34.8 Å². The fourth-order valence-electron chi connectivity index (χ4n) is 1.81. The minimum Gasteiger partial charge on any atom is -0.309 e. The first-order valence-corrected chi connectivity index (χ1v) is 7.07. The molecule has 102 valence electrons. The lowest BCUT2D eigenvalue weighted by molar-refractivity contribution is 0.693. The highest BCUT2D eigenvalue weighted by Gasteiger charge is 2.09. The maximum Gasteiger partial charge on any atom is 0.0991 e. The first kappa shape index (κ1) is 15.2. The highest BCUT2D eigenvalue weighted by Crippen LogP contribution is 2.31. The third kappa shape index (κ3) is 3.65. The summed E-state index contributed by atoms with van der Waals surface area (Å²) in [7, 11) is 0. The van der Waals surface area contributed by atoms with E-state index < -0.39 is 0 Å². The van der Waals surface area contributed by atoms with Crippen LogP contribution < -0.4 is 5.32 Å². The van der Waals surface area contributed by atoms with Crippen molar-refractivity contribution in [2.45, 2.75) is 13.1 Å². The Hall–Kier alpha value is -1.24. The van der Waals surface area contributed by atoms with Crippen molar-refractivity contribution >= 4 is 34.8 Å². The third-order valence-electron chi connectivity index (χ3n) is 2.83. The van der Waals surface area contributed by atoms with Gasteiger partial charge in [-0.15, -0.1) is 0 Å². The Morgan fingerprint density at radius 3 is 2.50 bits per heavy atom. The molecular formula is C15H11Cl3N2. The Morgan fingerprint density at radius 2 is 1.75 bits per heavy atom. The SMILES string of the molecule is N#Cc1cccc(CNCc2c(Cl)ccc(Cl)c2Cl)c1. The number of nitriles is 1. The number of hydrogen-bond donors (Lipinski definition) is 1. The highest BCUT2D eigenvalue weighted by atomic mass is 35.5. The van der Waals surface area contributed by atoms with Crippen LogP contribution in [0.1, 0.15) is 16.7 Å². The molecule has 2 aromatic carbocycles. The van der Waals surface area contributed by atoms with Gasteiger partial charge in [0.05, 0.1) is 21.7 Å². The van der Waals surface area contributed by atoms with E-state index in [0.717, 1.165) is 11.1 Å². The van der Waals surface area contributed by atoms with Crippen molar-refractivity contribution in [1.82, 2.24) is 5.32 Å². The number of benzene rings is 2. The van der Waals surface area contributed by atoms with E-state index >= 15 is 0 Å². The van der Waals surface area contributed by atoms with Crippen molar-refractivity contribution in [2.24, 2.45) is 0 Å². The molecule has 0 fully saturated rings. The molecule has 0 saturated heterocycles. The number of halogens is 3. The molecule has 0 radical (unpaired) electrons. The van der Waals surface area contributed by atoms with Crippen molar-refractivity contribution in [1.29, 1.82) is 5.26 Å². The summed E-state index contributed by atoms with van der Waals surface area (Å²) in [5, 5.41) is 13.6. The monoisotopic (exact) mass is 324 g/mol. The second kappa shape index (κ2) is 6.97. The molecule has 1 N–H and O–H groups in total. The average molecular weight is 326 g/mol. The summed E-state index contributed by atoms with van der Waals surface area (Å²) in [5.74, 6) is 0. The average Bonchev–Trinajstić information content (AvgIpc) is 2.47. The van der Waals surface area contributed by atoms with Crippen molar-refractivity contribution in [2.75, 3.05) is 0 Å². The maximum absolute atomic E-state index is 8.85. The molecule has 0 aromatic heterocycles. The Bertz CT molecular complexity index is 663. The van der Waals surface area contributed by atoms with Gasteiger partial charge in [-0.1, -0.05) is 46.9 Å². The summed E-state index contributed by atoms with van der Waals surface area (Å²) in [6.45, 7) is 1.13. The van der Waals surface area contributed by atoms with E-state index in [1.807, 2.05) is 18.2 Å². The first-order chi connectivity index (χ1) is 9.61. The van der Waals surface area contributed by atoms with Gasteiger partial charge >= 0.3 is 0 Å². The van der Waals surface area contributed by atoms with Crippen molar-refractivity contribution in [3.8, 4) is 6.07 Å². The van der Waals surface area contributed by atoms with Crippen LogP contribution in [0, 0.1) is 11.3 Å². The number of rotatable bonds is 4. The summed E-state index contributed by atoms with van der Waals surface area (Å²) in [6, 6.07) is 12.9. The van der Waals surface area contributed by atoms with E-state index in [4.69, 9.17) is 40.1 Å². The molecule has 2 rings (SSSR count). The van der Waals surface area contributed by atoms with Gasteiger partial charge in [0, 0.05) is 23.7 Å². The van der Waals surface area contributed by atoms with Crippen LogP contribution in [0.25, 0.3) is 0 Å². The molecular weight excluding hydrogens is 315 g/mol. The minimum atomic E-state index is 0.470. The van der Waals surface area contributed by atoms with Crippen molar-refractivity contribution < 1.29 is 0 Å². The molecule has 0 unspecified atom stereocenters. The topological polar surface area (TPSA) is 35.8 Å². The van der Waals surface area contributed by atoms with Gasteiger partial charge in [-0.3, -0.25) is 0 Å². The van der Waals surface area contributed by atoms with Gasteiger partial charge in [0.15, 0.2) is 0 Å². The van der Waals surface area contributed by atoms with Crippen LogP contribution in [0.3, 0.4) is 0 Å². The van der Waals surface area contributed by atoms with Crippen molar-refractivity contribution in [3.05, 3.63) is 68.2 Å². The van der Waals surface area contributed by atoms with Gasteiger partial charge in [-0.25, -0.2) is 0 Å². The predicted octanol–water partition coefficient (Wildman–Crippen LogP) is 4.81. The lowest BCUT2D eigenvalue weighted by Gasteiger charge is -2.10. The summed E-state index contributed by atoms with van der Waals surface area (Å²) >= 11 is 18.2. The predicted molar refractivity (Wildman–Crippen MR) is 83.2 cm³/mol. The van der Waals surface area contributed by atoms with Crippen LogP contribution in [-0.4, -0.2) is 0 Å². The molecule has 0 aliphatic heterocycles. The fourth-order valence-corrected chi connectivity index (χ4v) is 2.50. The molecule has 0 heterocycles. The molecule has 2 nitrogen and oxygen atoms in total. The molecule has 0 aliphatic rings. The van der Waals surface area contributed by atoms with E-state index in [0.29, 0.717) is 33.7 Å². The van der Waals surface area contributed by atoms with Gasteiger partial charge in [-0.2, -0.15) is 5.26 Å². The molecule has 0 atom stereocenters. The zero-order valence-electron chi connectivity index (χ0n) is 10.5. The Labute approximate surface area is 132 Å². The van der Waals surface area contributed by atoms with E-state index in [2.05, 4.69) is 11.4 Å². The van der Waals surface area contributed by atoms with Crippen LogP contribution in [0.2, 0.25) is 15.1 Å². The Kier molecular flexibility index (Phi) is 5.28. The maximum atomic E-state index is 8.85. The van der Waals surface area contributed by atoms with E-state index in [1.54, 1.807) is 18.2 Å². The first-order valence-electron chi connectivity index (χ1n) is 5.94. The molecule has 2 aromatic rings. The van der Waals surface area contributed by atoms with Gasteiger partial charge < -0.3 is 5.32 Å². The van der Waals surface area contributed by atoms with Gasteiger partial charge in [0.1, 0.15) is 0 Å². The molecule has 0 amide bonds. The standard InChI is InChI=1S/C15H11Cl3N2/c16-13-4-5-14(17)15(18)12(13)9-20-8-11-3-1-2-10(6-11)7-19/h1-6,20H,8-9H2. The van der Waals surface area contributed by atoms with Gasteiger partial charge in [0.25, 0.3) is 0 Å². The number of hydrogen-bond acceptors (Lipinski definition) is 2. The smallest absolute Gasteiger partial charge is 0.0991 e. The molecule has 5 heteroatoms. The summed E-state index contributed by atoms with van der Waals surface area (Å²) < 4.78 is 0. The largest absolute Gasteiger partial charge is 0.309 e. The van der Waals surface area contributed by atoms with E-state index in [-0.39, 0.29) is 0 Å². The Morgan fingerprint density at radius 1 is 1.00 bits per heavy atom. The van der Waals surface area contributed by atoms with Crippen molar-refractivity contribution in [3.63, 3.8) is 0 Å². The van der Waals surface area contributed by atoms with Crippen LogP contribution in [-0.2, 0) is 13.1 Å². The normalized spacial score (nSPS) is 10.3. The second-order valence-electron chi connectivity index (χ2n) is 4.24. The second-order valence-corrected chi connectivity index (χ2v) is 5.43. The minimum absolute atomic E-state index is 0.470. The molecule has 0 saturated carbocycles. The lowest BCUT2D eigenvalue weighted by atomic mass is 10.1. The molecule has 0 aliphatic carbocycles. The number of nitrogens with zero attached hydrogens (tertiary/aromatic N) is 1. The van der Waals surface area contributed by atoms with Crippen LogP contribution in [0.4, 0.5) is 0 Å². The molecule has 0 spiro atoms. The van der Waals surface area contributed by atoms with Crippen LogP contribution in [0.5, 0.6) is 0 Å². The molecule has 0 bridgehead atoms. The van der Waals surface area contributed by atoms with Crippen LogP contribution in [0.15, 0.2) is 36.4 Å².